The zero-order valence-electron chi connectivity index (χ0n) is 13.7. The molecule has 1 unspecified atom stereocenters. The summed E-state index contributed by atoms with van der Waals surface area (Å²) in [6.45, 7) is 1.72. The minimum Gasteiger partial charge on any atom is -0.353 e. The number of ether oxygens (including phenoxy) is 2. The molecule has 1 saturated heterocycles. The molecule has 1 aliphatic heterocycles. The van der Waals surface area contributed by atoms with Gasteiger partial charge in [-0.25, -0.2) is 4.98 Å². The van der Waals surface area contributed by atoms with Crippen LogP contribution in [0.15, 0.2) is 30.6 Å². The highest BCUT2D eigenvalue weighted by atomic mass is 16.7. The number of aryl methyl sites for hydroxylation is 1. The highest BCUT2D eigenvalue weighted by Gasteiger charge is 2.43. The van der Waals surface area contributed by atoms with Gasteiger partial charge in [0, 0.05) is 32.4 Å². The Balaban J connectivity index is 1.24. The van der Waals surface area contributed by atoms with E-state index in [1.165, 1.54) is 0 Å². The van der Waals surface area contributed by atoms with Crippen LogP contribution in [0.5, 0.6) is 0 Å². The van der Waals surface area contributed by atoms with E-state index < -0.39 is 0 Å². The summed E-state index contributed by atoms with van der Waals surface area (Å²) in [6.07, 6.45) is 6.47. The van der Waals surface area contributed by atoms with Crippen molar-refractivity contribution in [2.75, 3.05) is 13.2 Å². The van der Waals surface area contributed by atoms with E-state index in [1.54, 1.807) is 6.33 Å². The van der Waals surface area contributed by atoms with Crippen LogP contribution in [0.4, 0.5) is 0 Å². The molecule has 6 heteroatoms. The van der Waals surface area contributed by atoms with Gasteiger partial charge < -0.3 is 19.4 Å². The molecule has 2 heterocycles. The number of imidazole rings is 1. The van der Waals surface area contributed by atoms with Gasteiger partial charge in [0.25, 0.3) is 0 Å². The molecule has 24 heavy (non-hydrogen) atoms. The van der Waals surface area contributed by atoms with E-state index in [0.717, 1.165) is 36.7 Å². The maximum absolute atomic E-state index is 12.1. The molecule has 2 aromatic rings. The highest BCUT2D eigenvalue weighted by Crippen LogP contribution is 2.38. The zero-order chi connectivity index (χ0) is 16.4. The molecular weight excluding hydrogens is 306 g/mol. The SMILES string of the molecule is O=C(CCn1cnc2ccccc21)NCC1COC2(CCCC2)O1. The van der Waals surface area contributed by atoms with Gasteiger partial charge in [-0.3, -0.25) is 4.79 Å². The van der Waals surface area contributed by atoms with Crippen LogP contribution in [0.1, 0.15) is 32.1 Å². The van der Waals surface area contributed by atoms with E-state index in [-0.39, 0.29) is 17.8 Å². The van der Waals surface area contributed by atoms with Crippen molar-refractivity contribution in [2.24, 2.45) is 0 Å². The minimum atomic E-state index is -0.356. The van der Waals surface area contributed by atoms with Crippen molar-refractivity contribution in [1.82, 2.24) is 14.9 Å². The topological polar surface area (TPSA) is 65.4 Å². The molecule has 1 aliphatic carbocycles. The first kappa shape index (κ1) is 15.6. The Morgan fingerprint density at radius 1 is 1.33 bits per heavy atom. The van der Waals surface area contributed by atoms with E-state index >= 15 is 0 Å². The van der Waals surface area contributed by atoms with Crippen molar-refractivity contribution in [2.45, 2.75) is 50.5 Å². The molecule has 6 nitrogen and oxygen atoms in total. The molecule has 128 valence electrons. The number of benzene rings is 1. The van der Waals surface area contributed by atoms with Gasteiger partial charge in [0.05, 0.1) is 24.0 Å². The summed E-state index contributed by atoms with van der Waals surface area (Å²) in [6, 6.07) is 7.94. The highest BCUT2D eigenvalue weighted by molar-refractivity contribution is 5.77. The molecular formula is C18H23N3O3. The van der Waals surface area contributed by atoms with E-state index in [1.807, 2.05) is 28.8 Å². The largest absolute Gasteiger partial charge is 0.353 e. The smallest absolute Gasteiger partial charge is 0.221 e. The fraction of sp³-hybridized carbons (Fsp3) is 0.556. The number of nitrogens with one attached hydrogen (secondary N) is 1. The van der Waals surface area contributed by atoms with Gasteiger partial charge in [0.2, 0.25) is 5.91 Å². The molecule has 4 rings (SSSR count). The normalized spacial score (nSPS) is 22.4. The van der Waals surface area contributed by atoms with Gasteiger partial charge in [-0.2, -0.15) is 0 Å². The van der Waals surface area contributed by atoms with Crippen LogP contribution in [0.3, 0.4) is 0 Å². The number of hydrogen-bond donors (Lipinski definition) is 1. The van der Waals surface area contributed by atoms with Gasteiger partial charge in [0.15, 0.2) is 5.79 Å². The molecule has 1 atom stereocenters. The zero-order valence-corrected chi connectivity index (χ0v) is 13.7. The van der Waals surface area contributed by atoms with Crippen LogP contribution in [0, 0.1) is 0 Å². The number of hydrogen-bond acceptors (Lipinski definition) is 4. The predicted octanol–water partition coefficient (Wildman–Crippen LogP) is 2.23. The lowest BCUT2D eigenvalue weighted by Gasteiger charge is -2.21. The van der Waals surface area contributed by atoms with Gasteiger partial charge in [-0.1, -0.05) is 12.1 Å². The second-order valence-corrected chi connectivity index (χ2v) is 6.65. The Kier molecular flexibility index (Phi) is 4.24. The number of fused-ring (bicyclic) bond motifs is 1. The van der Waals surface area contributed by atoms with E-state index in [4.69, 9.17) is 9.47 Å². The summed E-state index contributed by atoms with van der Waals surface area (Å²) in [7, 11) is 0. The molecule has 1 amide bonds. The maximum Gasteiger partial charge on any atom is 0.221 e. The van der Waals surface area contributed by atoms with E-state index in [2.05, 4.69) is 10.3 Å². The number of carbonyl (C=O) groups excluding carboxylic acids is 1. The lowest BCUT2D eigenvalue weighted by atomic mass is 10.2. The second-order valence-electron chi connectivity index (χ2n) is 6.65. The molecule has 1 N–H and O–H groups in total. The van der Waals surface area contributed by atoms with Crippen molar-refractivity contribution < 1.29 is 14.3 Å². The van der Waals surface area contributed by atoms with Gasteiger partial charge in [-0.15, -0.1) is 0 Å². The van der Waals surface area contributed by atoms with Crippen LogP contribution in [0.2, 0.25) is 0 Å². The van der Waals surface area contributed by atoms with Crippen LogP contribution in [-0.4, -0.2) is 40.5 Å². The molecule has 1 aromatic carbocycles. The standard InChI is InChI=1S/C18H23N3O3/c22-17(7-10-21-13-20-15-5-1-2-6-16(15)21)19-11-14-12-23-18(24-14)8-3-4-9-18/h1-2,5-6,13-14H,3-4,7-12H2,(H,19,22). The average molecular weight is 329 g/mol. The Labute approximate surface area is 141 Å². The first-order valence-corrected chi connectivity index (χ1v) is 8.72. The summed E-state index contributed by atoms with van der Waals surface area (Å²) >= 11 is 0. The first-order chi connectivity index (χ1) is 11.7. The van der Waals surface area contributed by atoms with Crippen molar-refractivity contribution in [3.63, 3.8) is 0 Å². The van der Waals surface area contributed by atoms with Crippen molar-refractivity contribution in [3.05, 3.63) is 30.6 Å². The number of nitrogens with zero attached hydrogens (tertiary/aromatic N) is 2. The summed E-state index contributed by atoms with van der Waals surface area (Å²) in [4.78, 5) is 16.4. The fourth-order valence-electron chi connectivity index (χ4n) is 3.62. The molecule has 2 fully saturated rings. The van der Waals surface area contributed by atoms with Gasteiger partial charge >= 0.3 is 0 Å². The maximum atomic E-state index is 12.1. The Morgan fingerprint density at radius 3 is 3.04 bits per heavy atom. The Bertz CT molecular complexity index is 721. The lowest BCUT2D eigenvalue weighted by molar-refractivity contribution is -0.161. The summed E-state index contributed by atoms with van der Waals surface area (Å²) in [5.41, 5.74) is 2.01. The molecule has 2 aliphatic rings. The number of para-hydroxylation sites is 2. The third-order valence-corrected chi connectivity index (χ3v) is 4.91. The predicted molar refractivity (Wildman–Crippen MR) is 89.4 cm³/mol. The third kappa shape index (κ3) is 3.16. The Morgan fingerprint density at radius 2 is 2.17 bits per heavy atom. The lowest BCUT2D eigenvalue weighted by Crippen LogP contribution is -2.35. The van der Waals surface area contributed by atoms with Crippen molar-refractivity contribution in [1.29, 1.82) is 0 Å². The average Bonchev–Trinajstić information content (AvgIpc) is 3.33. The fourth-order valence-corrected chi connectivity index (χ4v) is 3.62. The summed E-state index contributed by atoms with van der Waals surface area (Å²) in [5, 5.41) is 2.96. The van der Waals surface area contributed by atoms with Crippen LogP contribution in [0.25, 0.3) is 11.0 Å². The second kappa shape index (κ2) is 6.53. The van der Waals surface area contributed by atoms with Crippen LogP contribution < -0.4 is 5.32 Å². The van der Waals surface area contributed by atoms with Crippen molar-refractivity contribution >= 4 is 16.9 Å². The summed E-state index contributed by atoms with van der Waals surface area (Å²) < 4.78 is 13.9. The third-order valence-electron chi connectivity index (χ3n) is 4.91. The van der Waals surface area contributed by atoms with E-state index in [9.17, 15) is 4.79 Å². The number of amides is 1. The van der Waals surface area contributed by atoms with E-state index in [0.29, 0.717) is 26.1 Å². The molecule has 0 bridgehead atoms. The van der Waals surface area contributed by atoms with Gasteiger partial charge in [-0.05, 0) is 25.0 Å². The first-order valence-electron chi connectivity index (χ1n) is 8.72. The number of rotatable bonds is 5. The Hall–Kier alpha value is -1.92. The monoisotopic (exact) mass is 329 g/mol. The molecule has 1 aromatic heterocycles. The molecule has 0 radical (unpaired) electrons. The van der Waals surface area contributed by atoms with Gasteiger partial charge in [0.1, 0.15) is 6.10 Å². The number of carbonyl (C=O) groups is 1. The summed E-state index contributed by atoms with van der Waals surface area (Å²) in [5.74, 6) is -0.325. The van der Waals surface area contributed by atoms with Crippen molar-refractivity contribution in [3.8, 4) is 0 Å². The van der Waals surface area contributed by atoms with Crippen LogP contribution in [-0.2, 0) is 20.8 Å². The molecule has 1 saturated carbocycles. The quantitative estimate of drug-likeness (QED) is 0.913. The minimum absolute atomic E-state index is 0.0267. The van der Waals surface area contributed by atoms with Crippen LogP contribution >= 0.6 is 0 Å². The number of aromatic nitrogens is 2. The molecule has 1 spiro atoms.